The summed E-state index contributed by atoms with van der Waals surface area (Å²) in [6, 6.07) is 8.70. The van der Waals surface area contributed by atoms with Crippen molar-refractivity contribution in [2.24, 2.45) is 0 Å². The molecule has 2 aliphatic heterocycles. The van der Waals surface area contributed by atoms with Gasteiger partial charge >= 0.3 is 6.09 Å². The third kappa shape index (κ3) is 3.54. The van der Waals surface area contributed by atoms with Gasteiger partial charge in [-0.2, -0.15) is 0 Å². The van der Waals surface area contributed by atoms with Gasteiger partial charge in [0.1, 0.15) is 30.2 Å². The molecular formula is C21H22N4O5. The van der Waals surface area contributed by atoms with Crippen LogP contribution in [-0.2, 0) is 9.53 Å². The topological polar surface area (TPSA) is 101 Å². The number of hydrogen-bond acceptors (Lipinski definition) is 6. The number of nitrogens with one attached hydrogen (secondary N) is 1. The normalized spacial score (nSPS) is 19.3. The minimum atomic E-state index is -0.472. The smallest absolute Gasteiger partial charge is 0.415 e. The zero-order valence-corrected chi connectivity index (χ0v) is 16.9. The largest absolute Gasteiger partial charge is 0.489 e. The quantitative estimate of drug-likeness (QED) is 0.823. The number of carbonyl (C=O) groups is 3. The van der Waals surface area contributed by atoms with Crippen LogP contribution in [0.2, 0.25) is 0 Å². The molecule has 2 unspecified atom stereocenters. The Morgan fingerprint density at radius 2 is 2.00 bits per heavy atom. The van der Waals surface area contributed by atoms with Gasteiger partial charge in [-0.1, -0.05) is 12.1 Å². The van der Waals surface area contributed by atoms with Crippen molar-refractivity contribution in [2.45, 2.75) is 19.1 Å². The van der Waals surface area contributed by atoms with E-state index in [0.29, 0.717) is 17.1 Å². The van der Waals surface area contributed by atoms with E-state index in [1.54, 1.807) is 37.3 Å². The fourth-order valence-electron chi connectivity index (χ4n) is 3.55. The molecule has 1 aromatic heterocycles. The van der Waals surface area contributed by atoms with E-state index in [1.165, 1.54) is 11.8 Å². The minimum Gasteiger partial charge on any atom is -0.489 e. The lowest BCUT2D eigenvalue weighted by Gasteiger charge is -2.31. The Labute approximate surface area is 173 Å². The van der Waals surface area contributed by atoms with E-state index >= 15 is 0 Å². The number of nitrogens with zero attached hydrogens (tertiary/aromatic N) is 3. The van der Waals surface area contributed by atoms with Crippen LogP contribution in [0.15, 0.2) is 36.5 Å². The second-order valence-corrected chi connectivity index (χ2v) is 7.42. The molecule has 9 heteroatoms. The molecule has 1 fully saturated rings. The number of aromatic nitrogens is 1. The molecule has 30 heavy (non-hydrogen) atoms. The van der Waals surface area contributed by atoms with Gasteiger partial charge in [0, 0.05) is 32.8 Å². The van der Waals surface area contributed by atoms with Crippen LogP contribution in [0.5, 0.6) is 5.75 Å². The molecule has 3 heterocycles. The molecule has 9 nitrogen and oxygen atoms in total. The van der Waals surface area contributed by atoms with E-state index in [1.807, 2.05) is 18.2 Å². The number of carbonyl (C=O) groups excluding carboxylic acids is 3. The van der Waals surface area contributed by atoms with Gasteiger partial charge in [0.2, 0.25) is 5.91 Å². The Kier molecular flexibility index (Phi) is 5.03. The summed E-state index contributed by atoms with van der Waals surface area (Å²) in [6.45, 7) is 1.92. The standard InChI is InChI=1S/C21H22N4O5/c1-12(26)22-10-19-17-11-29-18-8-13(5-7-16(18)25(17)21(28)30-19)14-4-6-15(23-9-14)20(27)24(2)3/h4-9,17,19H,10-11H2,1-3H3,(H,22,26). The summed E-state index contributed by atoms with van der Waals surface area (Å²) >= 11 is 0. The van der Waals surface area contributed by atoms with Crippen molar-refractivity contribution in [2.75, 3.05) is 32.1 Å². The molecule has 0 aliphatic carbocycles. The van der Waals surface area contributed by atoms with Gasteiger partial charge < -0.3 is 19.7 Å². The maximum absolute atomic E-state index is 12.4. The van der Waals surface area contributed by atoms with E-state index in [9.17, 15) is 14.4 Å². The van der Waals surface area contributed by atoms with Crippen molar-refractivity contribution >= 4 is 23.6 Å². The van der Waals surface area contributed by atoms with E-state index in [-0.39, 0.29) is 31.0 Å². The molecule has 2 aliphatic rings. The zero-order valence-electron chi connectivity index (χ0n) is 16.9. The summed E-state index contributed by atoms with van der Waals surface area (Å²) < 4.78 is 11.3. The number of benzene rings is 1. The summed E-state index contributed by atoms with van der Waals surface area (Å²) in [6.07, 6.45) is 0.707. The van der Waals surface area contributed by atoms with Crippen LogP contribution in [0.3, 0.4) is 0 Å². The zero-order chi connectivity index (χ0) is 21.4. The van der Waals surface area contributed by atoms with Crippen LogP contribution < -0.4 is 15.0 Å². The molecule has 2 aromatic rings. The first-order valence-electron chi connectivity index (χ1n) is 9.54. The first kappa shape index (κ1) is 19.7. The number of cyclic esters (lactones) is 1. The number of pyridine rings is 1. The lowest BCUT2D eigenvalue weighted by molar-refractivity contribution is -0.119. The van der Waals surface area contributed by atoms with Crippen molar-refractivity contribution in [1.29, 1.82) is 0 Å². The maximum Gasteiger partial charge on any atom is 0.415 e. The third-order valence-corrected chi connectivity index (χ3v) is 5.11. The summed E-state index contributed by atoms with van der Waals surface area (Å²) in [5.41, 5.74) is 2.67. The highest BCUT2D eigenvalue weighted by Gasteiger charge is 2.46. The van der Waals surface area contributed by atoms with Crippen molar-refractivity contribution < 1.29 is 23.9 Å². The first-order valence-corrected chi connectivity index (χ1v) is 9.54. The molecule has 0 saturated carbocycles. The summed E-state index contributed by atoms with van der Waals surface area (Å²) in [4.78, 5) is 42.9. The second kappa shape index (κ2) is 7.66. The average Bonchev–Trinajstić information content (AvgIpc) is 3.07. The number of fused-ring (bicyclic) bond motifs is 3. The minimum absolute atomic E-state index is 0.164. The Hall–Kier alpha value is -3.62. The van der Waals surface area contributed by atoms with Crippen LogP contribution in [0.25, 0.3) is 11.1 Å². The third-order valence-electron chi connectivity index (χ3n) is 5.11. The van der Waals surface area contributed by atoms with Crippen molar-refractivity contribution in [3.8, 4) is 16.9 Å². The van der Waals surface area contributed by atoms with Gasteiger partial charge in [0.05, 0.1) is 12.2 Å². The Bertz CT molecular complexity index is 1000. The second-order valence-electron chi connectivity index (χ2n) is 7.42. The fourth-order valence-corrected chi connectivity index (χ4v) is 3.55. The molecule has 4 rings (SSSR count). The van der Waals surface area contributed by atoms with E-state index in [2.05, 4.69) is 10.3 Å². The maximum atomic E-state index is 12.4. The Balaban J connectivity index is 1.56. The van der Waals surface area contributed by atoms with Gasteiger partial charge in [-0.25, -0.2) is 4.79 Å². The molecule has 2 atom stereocenters. The van der Waals surface area contributed by atoms with Gasteiger partial charge in [-0.05, 0) is 23.8 Å². The summed E-state index contributed by atoms with van der Waals surface area (Å²) in [7, 11) is 3.35. The highest BCUT2D eigenvalue weighted by Crippen LogP contribution is 2.40. The number of ether oxygens (including phenoxy) is 2. The highest BCUT2D eigenvalue weighted by molar-refractivity contribution is 5.94. The average molecular weight is 410 g/mol. The summed E-state index contributed by atoms with van der Waals surface area (Å²) in [5, 5.41) is 2.68. The van der Waals surface area contributed by atoms with Gasteiger partial charge in [0.25, 0.3) is 5.91 Å². The SMILES string of the molecule is CC(=O)NCC1OC(=O)N2c3ccc(-c4ccc(C(=O)N(C)C)nc4)cc3OCC12. The number of amides is 3. The molecule has 156 valence electrons. The highest BCUT2D eigenvalue weighted by atomic mass is 16.6. The first-order chi connectivity index (χ1) is 14.3. The van der Waals surface area contributed by atoms with Crippen LogP contribution in [-0.4, -0.2) is 67.2 Å². The molecule has 1 aromatic carbocycles. The van der Waals surface area contributed by atoms with E-state index in [4.69, 9.17) is 9.47 Å². The van der Waals surface area contributed by atoms with Crippen molar-refractivity contribution in [1.82, 2.24) is 15.2 Å². The predicted molar refractivity (Wildman–Crippen MR) is 108 cm³/mol. The number of anilines is 1. The molecule has 0 bridgehead atoms. The van der Waals surface area contributed by atoms with E-state index < -0.39 is 12.2 Å². The number of hydrogen-bond donors (Lipinski definition) is 1. The van der Waals surface area contributed by atoms with Crippen LogP contribution in [0.4, 0.5) is 10.5 Å². The predicted octanol–water partition coefficient (Wildman–Crippen LogP) is 1.67. The van der Waals surface area contributed by atoms with Gasteiger partial charge in [-0.3, -0.25) is 19.5 Å². The van der Waals surface area contributed by atoms with Crippen LogP contribution in [0.1, 0.15) is 17.4 Å². The van der Waals surface area contributed by atoms with Gasteiger partial charge in [0.15, 0.2) is 0 Å². The molecule has 1 N–H and O–H groups in total. The molecule has 3 amide bonds. The Morgan fingerprint density at radius 3 is 2.67 bits per heavy atom. The summed E-state index contributed by atoms with van der Waals surface area (Å²) in [5.74, 6) is 0.218. The Morgan fingerprint density at radius 1 is 1.23 bits per heavy atom. The monoisotopic (exact) mass is 410 g/mol. The lowest BCUT2D eigenvalue weighted by atomic mass is 10.0. The molecule has 0 radical (unpaired) electrons. The van der Waals surface area contributed by atoms with Gasteiger partial charge in [-0.15, -0.1) is 0 Å². The lowest BCUT2D eigenvalue weighted by Crippen LogP contribution is -2.47. The fraction of sp³-hybridized carbons (Fsp3) is 0.333. The van der Waals surface area contributed by atoms with Crippen molar-refractivity contribution in [3.63, 3.8) is 0 Å². The molecular weight excluding hydrogens is 388 g/mol. The van der Waals surface area contributed by atoms with Crippen LogP contribution >= 0.6 is 0 Å². The van der Waals surface area contributed by atoms with Crippen LogP contribution in [0, 0.1) is 0 Å². The molecule has 1 saturated heterocycles. The van der Waals surface area contributed by atoms with Crippen molar-refractivity contribution in [3.05, 3.63) is 42.2 Å². The number of rotatable bonds is 4. The molecule has 0 spiro atoms. The van der Waals surface area contributed by atoms with E-state index in [0.717, 1.165) is 11.1 Å².